The Morgan fingerprint density at radius 1 is 1.07 bits per heavy atom. The summed E-state index contributed by atoms with van der Waals surface area (Å²) in [4.78, 5) is 37.6. The van der Waals surface area contributed by atoms with Crippen LogP contribution < -0.4 is 16.0 Å². The zero-order valence-electron chi connectivity index (χ0n) is 16.1. The number of carbonyl (C=O) groups excluding carboxylic acids is 3. The molecule has 3 amide bonds. The Labute approximate surface area is 168 Å². The Bertz CT molecular complexity index is 919. The van der Waals surface area contributed by atoms with Gasteiger partial charge in [0.25, 0.3) is 0 Å². The van der Waals surface area contributed by atoms with Gasteiger partial charge >= 0.3 is 0 Å². The molecule has 0 aliphatic carbocycles. The van der Waals surface area contributed by atoms with Gasteiger partial charge in [-0.2, -0.15) is 0 Å². The highest BCUT2D eigenvalue weighted by Gasteiger charge is 2.28. The van der Waals surface area contributed by atoms with Crippen LogP contribution in [0.4, 0.5) is 11.4 Å². The quantitative estimate of drug-likeness (QED) is 0.723. The first kappa shape index (κ1) is 19.9. The van der Waals surface area contributed by atoms with Crippen molar-refractivity contribution in [3.63, 3.8) is 0 Å². The summed E-state index contributed by atoms with van der Waals surface area (Å²) in [5.74, 6) is -0.830. The van der Waals surface area contributed by atoms with Crippen LogP contribution in [0.5, 0.6) is 0 Å². The van der Waals surface area contributed by atoms with Crippen molar-refractivity contribution in [2.45, 2.75) is 37.3 Å². The first-order valence-corrected chi connectivity index (χ1v) is 9.92. The zero-order valence-corrected chi connectivity index (χ0v) is 16.9. The first-order chi connectivity index (χ1) is 13.3. The number of thioether (sulfide) groups is 1. The van der Waals surface area contributed by atoms with Crippen molar-refractivity contribution in [3.8, 4) is 0 Å². The molecule has 28 heavy (non-hydrogen) atoms. The van der Waals surface area contributed by atoms with Crippen LogP contribution in [0.15, 0.2) is 41.3 Å². The van der Waals surface area contributed by atoms with E-state index in [1.165, 1.54) is 11.8 Å². The lowest BCUT2D eigenvalue weighted by molar-refractivity contribution is -0.125. The lowest BCUT2D eigenvalue weighted by Crippen LogP contribution is -2.38. The number of anilines is 2. The van der Waals surface area contributed by atoms with Crippen LogP contribution in [0.25, 0.3) is 0 Å². The van der Waals surface area contributed by atoms with E-state index in [4.69, 9.17) is 0 Å². The van der Waals surface area contributed by atoms with Gasteiger partial charge in [-0.25, -0.2) is 0 Å². The molecule has 146 valence electrons. The molecule has 0 spiro atoms. The first-order valence-electron chi connectivity index (χ1n) is 9.04. The number of hydrogen-bond acceptors (Lipinski definition) is 4. The summed E-state index contributed by atoms with van der Waals surface area (Å²) < 4.78 is 0. The molecule has 0 saturated carbocycles. The molecule has 7 heteroatoms. The molecule has 1 aliphatic rings. The predicted molar refractivity (Wildman–Crippen MR) is 112 cm³/mol. The van der Waals surface area contributed by atoms with Crippen molar-refractivity contribution in [3.05, 3.63) is 53.1 Å². The monoisotopic (exact) mass is 397 g/mol. The molecule has 0 fully saturated rings. The van der Waals surface area contributed by atoms with Gasteiger partial charge in [-0.05, 0) is 44.0 Å². The van der Waals surface area contributed by atoms with Crippen molar-refractivity contribution in [1.82, 2.24) is 5.32 Å². The van der Waals surface area contributed by atoms with Crippen LogP contribution in [0, 0.1) is 20.8 Å². The number of rotatable bonds is 5. The number of fused-ring (bicyclic) bond motifs is 1. The summed E-state index contributed by atoms with van der Waals surface area (Å²) in [5.41, 5.74) is 4.62. The van der Waals surface area contributed by atoms with Crippen molar-refractivity contribution >= 4 is 40.9 Å². The topological polar surface area (TPSA) is 87.3 Å². The van der Waals surface area contributed by atoms with Gasteiger partial charge in [0, 0.05) is 17.0 Å². The van der Waals surface area contributed by atoms with Gasteiger partial charge in [0.2, 0.25) is 17.7 Å². The minimum Gasteiger partial charge on any atom is -0.347 e. The average Bonchev–Trinajstić information content (AvgIpc) is 2.63. The van der Waals surface area contributed by atoms with Crippen LogP contribution in [0.3, 0.4) is 0 Å². The summed E-state index contributed by atoms with van der Waals surface area (Å²) >= 11 is 1.36. The average molecular weight is 398 g/mol. The molecule has 3 rings (SSSR count). The summed E-state index contributed by atoms with van der Waals surface area (Å²) in [6.45, 7) is 5.74. The fraction of sp³-hybridized carbons (Fsp3) is 0.286. The highest BCUT2D eigenvalue weighted by molar-refractivity contribution is 8.01. The Morgan fingerprint density at radius 3 is 2.46 bits per heavy atom. The maximum atomic E-state index is 12.2. The molecule has 0 bridgehead atoms. The van der Waals surface area contributed by atoms with E-state index in [1.54, 1.807) is 0 Å². The molecule has 1 heterocycles. The van der Waals surface area contributed by atoms with E-state index < -0.39 is 5.25 Å². The van der Waals surface area contributed by atoms with Gasteiger partial charge in [0.05, 0.1) is 17.5 Å². The summed E-state index contributed by atoms with van der Waals surface area (Å²) in [5, 5.41) is 7.75. The Kier molecular flexibility index (Phi) is 6.04. The zero-order chi connectivity index (χ0) is 20.3. The second-order valence-electron chi connectivity index (χ2n) is 6.89. The van der Waals surface area contributed by atoms with Crippen LogP contribution in [0.1, 0.15) is 23.1 Å². The fourth-order valence-corrected chi connectivity index (χ4v) is 4.32. The Hall–Kier alpha value is -2.80. The number of benzene rings is 2. The molecule has 1 atom stereocenters. The summed E-state index contributed by atoms with van der Waals surface area (Å²) in [6.07, 6.45) is 0.0146. The highest BCUT2D eigenvalue weighted by atomic mass is 32.2. The molecule has 0 aromatic heterocycles. The number of aryl methyl sites for hydroxylation is 3. The third-order valence-corrected chi connectivity index (χ3v) is 5.74. The third-order valence-electron chi connectivity index (χ3n) is 4.46. The molecular weight excluding hydrogens is 374 g/mol. The van der Waals surface area contributed by atoms with Crippen LogP contribution in [0.2, 0.25) is 0 Å². The molecule has 6 nitrogen and oxygen atoms in total. The van der Waals surface area contributed by atoms with Crippen LogP contribution in [-0.4, -0.2) is 29.5 Å². The summed E-state index contributed by atoms with van der Waals surface area (Å²) in [7, 11) is 0. The van der Waals surface area contributed by atoms with Crippen molar-refractivity contribution in [2.75, 3.05) is 17.2 Å². The molecule has 0 radical (unpaired) electrons. The van der Waals surface area contributed by atoms with E-state index in [-0.39, 0.29) is 30.7 Å². The van der Waals surface area contributed by atoms with Gasteiger partial charge in [-0.3, -0.25) is 14.4 Å². The minimum atomic E-state index is -0.514. The Balaban J connectivity index is 1.52. The highest BCUT2D eigenvalue weighted by Crippen LogP contribution is 2.36. The van der Waals surface area contributed by atoms with E-state index in [9.17, 15) is 14.4 Å². The largest absolute Gasteiger partial charge is 0.347 e. The number of carbonyl (C=O) groups is 3. The molecular formula is C21H23N3O3S. The van der Waals surface area contributed by atoms with Crippen LogP contribution >= 0.6 is 11.8 Å². The number of amides is 3. The summed E-state index contributed by atoms with van der Waals surface area (Å²) in [6, 6.07) is 11.5. The van der Waals surface area contributed by atoms with Crippen molar-refractivity contribution in [1.29, 1.82) is 0 Å². The van der Waals surface area contributed by atoms with Gasteiger partial charge < -0.3 is 16.0 Å². The van der Waals surface area contributed by atoms with Gasteiger partial charge in [0.15, 0.2) is 0 Å². The minimum absolute atomic E-state index is 0.0146. The standard InChI is InChI=1S/C21H23N3O3S/c1-12-8-13(2)20(14(3)9-12)24-19(26)11-22-18(25)10-17-21(27)23-15-6-4-5-7-16(15)28-17/h4-9,17H,10-11H2,1-3H3,(H,22,25)(H,23,27)(H,24,26)/t17-/m1/s1. The lowest BCUT2D eigenvalue weighted by atomic mass is 10.1. The lowest BCUT2D eigenvalue weighted by Gasteiger charge is -2.23. The molecule has 1 aliphatic heterocycles. The normalized spacial score (nSPS) is 15.4. The van der Waals surface area contributed by atoms with Gasteiger partial charge in [-0.1, -0.05) is 29.8 Å². The molecule has 0 saturated heterocycles. The van der Waals surface area contributed by atoms with Gasteiger partial charge in [-0.15, -0.1) is 11.8 Å². The van der Waals surface area contributed by atoms with E-state index in [0.717, 1.165) is 33.0 Å². The SMILES string of the molecule is Cc1cc(C)c(NC(=O)CNC(=O)C[C@H]2Sc3ccccc3NC2=O)c(C)c1. The third kappa shape index (κ3) is 4.72. The second-order valence-corrected chi connectivity index (χ2v) is 8.14. The maximum Gasteiger partial charge on any atom is 0.243 e. The number of nitrogens with one attached hydrogen (secondary N) is 3. The Morgan fingerprint density at radius 2 is 1.75 bits per heavy atom. The van der Waals surface area contributed by atoms with E-state index in [2.05, 4.69) is 16.0 Å². The second kappa shape index (κ2) is 8.48. The maximum absolute atomic E-state index is 12.2. The molecule has 0 unspecified atom stereocenters. The number of para-hydroxylation sites is 1. The predicted octanol–water partition coefficient (Wildman–Crippen LogP) is 3.17. The number of hydrogen-bond donors (Lipinski definition) is 3. The van der Waals surface area contributed by atoms with E-state index >= 15 is 0 Å². The van der Waals surface area contributed by atoms with Crippen molar-refractivity contribution in [2.24, 2.45) is 0 Å². The van der Waals surface area contributed by atoms with E-state index in [0.29, 0.717) is 0 Å². The smallest absolute Gasteiger partial charge is 0.243 e. The van der Waals surface area contributed by atoms with Crippen LogP contribution in [-0.2, 0) is 14.4 Å². The molecule has 2 aromatic carbocycles. The molecule has 3 N–H and O–H groups in total. The van der Waals surface area contributed by atoms with Gasteiger partial charge in [0.1, 0.15) is 0 Å². The van der Waals surface area contributed by atoms with E-state index in [1.807, 2.05) is 57.2 Å². The fourth-order valence-electron chi connectivity index (χ4n) is 3.21. The van der Waals surface area contributed by atoms with Crippen molar-refractivity contribution < 1.29 is 14.4 Å². The molecule has 2 aromatic rings.